The number of hydrogen-bond donors (Lipinski definition) is 3. The highest BCUT2D eigenvalue weighted by molar-refractivity contribution is 5.97. The summed E-state index contributed by atoms with van der Waals surface area (Å²) in [4.78, 5) is 38.3. The maximum absolute atomic E-state index is 12.9. The summed E-state index contributed by atoms with van der Waals surface area (Å²) in [5, 5.41) is 9.36. The van der Waals surface area contributed by atoms with Crippen molar-refractivity contribution < 1.29 is 27.5 Å². The maximum atomic E-state index is 12.9. The van der Waals surface area contributed by atoms with Gasteiger partial charge in [0.2, 0.25) is 5.95 Å². The van der Waals surface area contributed by atoms with Crippen LogP contribution in [0, 0.1) is 0 Å². The van der Waals surface area contributed by atoms with E-state index in [1.165, 1.54) is 24.3 Å². The summed E-state index contributed by atoms with van der Waals surface area (Å²) in [5.74, 6) is -0.919. The average Bonchev–Trinajstić information content (AvgIpc) is 3.33. The number of carbonyl (C=O) groups excluding carboxylic acids is 2. The number of alkyl halides is 3. The van der Waals surface area contributed by atoms with Crippen LogP contribution in [0.25, 0.3) is 5.69 Å². The van der Waals surface area contributed by atoms with Crippen LogP contribution in [-0.2, 0) is 15.7 Å². The quantitative estimate of drug-likeness (QED) is 0.517. The number of nitrogens with one attached hydrogen (secondary N) is 3. The first-order chi connectivity index (χ1) is 15.2. The second-order valence-electron chi connectivity index (χ2n) is 6.92. The highest BCUT2D eigenvalue weighted by atomic mass is 19.4. The number of anilines is 2. The Kier molecular flexibility index (Phi) is 5.43. The zero-order valence-corrected chi connectivity index (χ0v) is 16.3. The Hall–Kier alpha value is -4.09. The van der Waals surface area contributed by atoms with Crippen LogP contribution in [0.2, 0.25) is 0 Å². The first-order valence-corrected chi connectivity index (χ1v) is 9.42. The Labute approximate surface area is 178 Å². The number of hydrogen-bond acceptors (Lipinski definition) is 6. The molecule has 2 heterocycles. The second-order valence-corrected chi connectivity index (χ2v) is 6.92. The van der Waals surface area contributed by atoms with Crippen molar-refractivity contribution in [1.82, 2.24) is 20.1 Å². The molecule has 166 valence electrons. The molecule has 0 bridgehead atoms. The van der Waals surface area contributed by atoms with Crippen LogP contribution in [0.3, 0.4) is 0 Å². The highest BCUT2D eigenvalue weighted by Gasteiger charge is 2.31. The van der Waals surface area contributed by atoms with Gasteiger partial charge in [-0.1, -0.05) is 6.07 Å². The van der Waals surface area contributed by atoms with Crippen LogP contribution in [-0.4, -0.2) is 39.3 Å². The van der Waals surface area contributed by atoms with E-state index in [2.05, 4.69) is 20.7 Å². The molecule has 12 heteroatoms. The number of nitrogens with zero attached hydrogens (tertiary/aromatic N) is 2. The average molecular weight is 447 g/mol. The van der Waals surface area contributed by atoms with E-state index in [1.54, 1.807) is 12.1 Å². The predicted octanol–water partition coefficient (Wildman–Crippen LogP) is 2.37. The van der Waals surface area contributed by atoms with Gasteiger partial charge in [-0.15, -0.1) is 5.10 Å². The first kappa shape index (κ1) is 21.2. The third-order valence-corrected chi connectivity index (χ3v) is 4.69. The Morgan fingerprint density at radius 2 is 1.91 bits per heavy atom. The fourth-order valence-corrected chi connectivity index (χ4v) is 3.08. The van der Waals surface area contributed by atoms with Gasteiger partial charge in [0.1, 0.15) is 6.04 Å². The summed E-state index contributed by atoms with van der Waals surface area (Å²) in [6.45, 7) is 0.262. The lowest BCUT2D eigenvalue weighted by Crippen LogP contribution is -2.37. The number of aromatic amines is 1. The molecule has 0 saturated carbocycles. The highest BCUT2D eigenvalue weighted by Crippen LogP contribution is 2.30. The number of aromatic nitrogens is 3. The first-order valence-electron chi connectivity index (χ1n) is 9.42. The Balaban J connectivity index is 1.47. The zero-order valence-electron chi connectivity index (χ0n) is 16.3. The van der Waals surface area contributed by atoms with Crippen molar-refractivity contribution in [2.24, 2.45) is 0 Å². The second kappa shape index (κ2) is 8.21. The van der Waals surface area contributed by atoms with Gasteiger partial charge in [-0.05, 0) is 42.5 Å². The SMILES string of the molecule is O=C(N[C@@H]1CCOC1=O)c1ccc(Nc2nn(-c3cccc(C(F)(F)F)c3)c(=O)[nH]2)cc1. The number of benzene rings is 2. The van der Waals surface area contributed by atoms with E-state index in [4.69, 9.17) is 4.74 Å². The van der Waals surface area contributed by atoms with E-state index in [1.807, 2.05) is 0 Å². The lowest BCUT2D eigenvalue weighted by Gasteiger charge is -2.09. The molecule has 0 spiro atoms. The van der Waals surface area contributed by atoms with E-state index >= 15 is 0 Å². The molecule has 1 aromatic heterocycles. The number of halogens is 3. The van der Waals surface area contributed by atoms with Gasteiger partial charge >= 0.3 is 17.8 Å². The van der Waals surface area contributed by atoms with Crippen LogP contribution in [0.15, 0.2) is 53.3 Å². The number of rotatable bonds is 5. The molecule has 3 N–H and O–H groups in total. The summed E-state index contributed by atoms with van der Waals surface area (Å²) >= 11 is 0. The monoisotopic (exact) mass is 447 g/mol. The summed E-state index contributed by atoms with van der Waals surface area (Å²) in [6.07, 6.45) is -4.14. The molecule has 1 aliphatic heterocycles. The van der Waals surface area contributed by atoms with Gasteiger partial charge < -0.3 is 15.4 Å². The molecule has 3 aromatic rings. The number of cyclic esters (lactones) is 1. The molecule has 1 aliphatic rings. The number of H-pyrrole nitrogens is 1. The topological polar surface area (TPSA) is 118 Å². The Bertz CT molecular complexity index is 1220. The Morgan fingerprint density at radius 3 is 2.56 bits per heavy atom. The van der Waals surface area contributed by atoms with Gasteiger partial charge in [0.05, 0.1) is 17.9 Å². The van der Waals surface area contributed by atoms with Gasteiger partial charge in [-0.2, -0.15) is 17.9 Å². The minimum Gasteiger partial charge on any atom is -0.464 e. The Morgan fingerprint density at radius 1 is 1.16 bits per heavy atom. The van der Waals surface area contributed by atoms with Gasteiger partial charge in [-0.3, -0.25) is 9.78 Å². The predicted molar refractivity (Wildman–Crippen MR) is 106 cm³/mol. The lowest BCUT2D eigenvalue weighted by molar-refractivity contribution is -0.139. The fraction of sp³-hybridized carbons (Fsp3) is 0.200. The number of carbonyl (C=O) groups is 2. The summed E-state index contributed by atoms with van der Waals surface area (Å²) in [7, 11) is 0. The number of ether oxygens (including phenoxy) is 1. The molecule has 1 fully saturated rings. The molecule has 0 radical (unpaired) electrons. The van der Waals surface area contributed by atoms with Crippen molar-refractivity contribution >= 4 is 23.5 Å². The fourth-order valence-electron chi connectivity index (χ4n) is 3.08. The number of amides is 1. The standard InChI is InChI=1S/C20H16F3N5O4/c21-20(22,23)12-2-1-3-14(10-12)28-19(31)26-18(27-28)24-13-6-4-11(5-7-13)16(29)25-15-8-9-32-17(15)30/h1-7,10,15H,8-9H2,(H,25,29)(H2,24,26,27,31)/t15-/m1/s1. The largest absolute Gasteiger partial charge is 0.464 e. The zero-order chi connectivity index (χ0) is 22.9. The van der Waals surface area contributed by atoms with Crippen molar-refractivity contribution in [2.75, 3.05) is 11.9 Å². The van der Waals surface area contributed by atoms with Gasteiger partial charge in [0, 0.05) is 17.7 Å². The molecule has 1 saturated heterocycles. The van der Waals surface area contributed by atoms with Crippen molar-refractivity contribution in [3.63, 3.8) is 0 Å². The van der Waals surface area contributed by atoms with Crippen LogP contribution in [0.5, 0.6) is 0 Å². The third kappa shape index (κ3) is 4.48. The minimum absolute atomic E-state index is 0.00156. The van der Waals surface area contributed by atoms with E-state index < -0.39 is 35.3 Å². The molecule has 4 rings (SSSR count). The van der Waals surface area contributed by atoms with Crippen molar-refractivity contribution in [2.45, 2.75) is 18.6 Å². The van der Waals surface area contributed by atoms with E-state index in [0.29, 0.717) is 17.7 Å². The van der Waals surface area contributed by atoms with E-state index in [9.17, 15) is 27.6 Å². The van der Waals surface area contributed by atoms with Crippen LogP contribution >= 0.6 is 0 Å². The molecular weight excluding hydrogens is 431 g/mol. The summed E-state index contributed by atoms with van der Waals surface area (Å²) in [5.41, 5.74) is -0.915. The van der Waals surface area contributed by atoms with Crippen LogP contribution in [0.1, 0.15) is 22.3 Å². The normalized spacial score (nSPS) is 16.0. The molecule has 0 aliphatic carbocycles. The van der Waals surface area contributed by atoms with Gasteiger partial charge in [0.15, 0.2) is 0 Å². The van der Waals surface area contributed by atoms with Gasteiger partial charge in [-0.25, -0.2) is 9.59 Å². The molecule has 2 aromatic carbocycles. The number of esters is 1. The van der Waals surface area contributed by atoms with Crippen LogP contribution < -0.4 is 16.3 Å². The minimum atomic E-state index is -4.55. The van der Waals surface area contributed by atoms with E-state index in [0.717, 1.165) is 16.8 Å². The molecular formula is C20H16F3N5O4. The summed E-state index contributed by atoms with van der Waals surface area (Å²) < 4.78 is 44.4. The summed E-state index contributed by atoms with van der Waals surface area (Å²) in [6, 6.07) is 9.64. The third-order valence-electron chi connectivity index (χ3n) is 4.69. The van der Waals surface area contributed by atoms with Crippen molar-refractivity contribution in [3.05, 3.63) is 70.1 Å². The molecule has 1 atom stereocenters. The van der Waals surface area contributed by atoms with Crippen LogP contribution in [0.4, 0.5) is 24.8 Å². The van der Waals surface area contributed by atoms with Crippen molar-refractivity contribution in [1.29, 1.82) is 0 Å². The molecule has 1 amide bonds. The van der Waals surface area contributed by atoms with Gasteiger partial charge in [0.25, 0.3) is 5.91 Å². The smallest absolute Gasteiger partial charge is 0.416 e. The molecule has 32 heavy (non-hydrogen) atoms. The maximum Gasteiger partial charge on any atom is 0.416 e. The molecule has 0 unspecified atom stereocenters. The van der Waals surface area contributed by atoms with E-state index in [-0.39, 0.29) is 18.2 Å². The molecule has 9 nitrogen and oxygen atoms in total. The lowest BCUT2D eigenvalue weighted by atomic mass is 10.1. The van der Waals surface area contributed by atoms with Crippen molar-refractivity contribution in [3.8, 4) is 5.69 Å².